The lowest BCUT2D eigenvalue weighted by Gasteiger charge is -2.32. The van der Waals surface area contributed by atoms with E-state index in [-0.39, 0.29) is 6.42 Å². The molecule has 0 spiro atoms. The van der Waals surface area contributed by atoms with Gasteiger partial charge in [0.05, 0.1) is 0 Å². The minimum atomic E-state index is -5.44. The van der Waals surface area contributed by atoms with Gasteiger partial charge in [-0.15, -0.1) is 0 Å². The van der Waals surface area contributed by atoms with Gasteiger partial charge in [0.15, 0.2) is 0 Å². The number of hydrogen-bond acceptors (Lipinski definition) is 5. The highest BCUT2D eigenvalue weighted by Gasteiger charge is 2.59. The van der Waals surface area contributed by atoms with Crippen molar-refractivity contribution in [2.24, 2.45) is 11.7 Å². The first-order chi connectivity index (χ1) is 7.87. The van der Waals surface area contributed by atoms with Gasteiger partial charge in [0.1, 0.15) is 0 Å². The third-order valence-corrected chi connectivity index (χ3v) is 6.44. The predicted molar refractivity (Wildman–Crippen MR) is 64.2 cm³/mol. The summed E-state index contributed by atoms with van der Waals surface area (Å²) in [7, 11) is -10.9. The summed E-state index contributed by atoms with van der Waals surface area (Å²) >= 11 is 0. The summed E-state index contributed by atoms with van der Waals surface area (Å²) in [5.74, 6) is -0.795. The fourth-order valence-electron chi connectivity index (χ4n) is 1.36. The second kappa shape index (κ2) is 5.90. The second-order valence-electron chi connectivity index (χ2n) is 4.15. The molecule has 108 valence electrons. The Morgan fingerprint density at radius 2 is 1.67 bits per heavy atom. The summed E-state index contributed by atoms with van der Waals surface area (Å²) in [5.41, 5.74) is 5.55. The van der Waals surface area contributed by atoms with Crippen LogP contribution in [0.15, 0.2) is 0 Å². The highest BCUT2D eigenvalue weighted by molar-refractivity contribution is 7.72. The normalized spacial score (nSPS) is 17.3. The van der Waals surface area contributed by atoms with Crippen LogP contribution in [0.4, 0.5) is 0 Å². The first-order valence-corrected chi connectivity index (χ1v) is 8.17. The van der Waals surface area contributed by atoms with E-state index in [1.165, 1.54) is 6.92 Å². The number of nitrogens with one attached hydrogen (secondary N) is 1. The molecule has 8 N–H and O–H groups in total. The molecule has 0 aromatic heterocycles. The van der Waals surface area contributed by atoms with Crippen LogP contribution >= 0.6 is 15.2 Å². The molecule has 2 atom stereocenters. The maximum absolute atomic E-state index is 11.1. The fraction of sp³-hybridized carbons (Fsp3) is 0.857. The van der Waals surface area contributed by atoms with E-state index in [1.54, 1.807) is 0 Å². The quantitative estimate of drug-likeness (QED) is 0.239. The van der Waals surface area contributed by atoms with Gasteiger partial charge in [0.2, 0.25) is 0 Å². The molecule has 0 saturated heterocycles. The third kappa shape index (κ3) is 3.94. The van der Waals surface area contributed by atoms with Crippen molar-refractivity contribution in [3.05, 3.63) is 0 Å². The van der Waals surface area contributed by atoms with Crippen LogP contribution < -0.4 is 5.73 Å². The van der Waals surface area contributed by atoms with E-state index < -0.39 is 38.7 Å². The van der Waals surface area contributed by atoms with E-state index in [0.29, 0.717) is 0 Å². The lowest BCUT2D eigenvalue weighted by Crippen LogP contribution is -2.37. The van der Waals surface area contributed by atoms with Crippen LogP contribution in [0.3, 0.4) is 0 Å². The Balaban J connectivity index is 5.24. The number of aliphatic hydroxyl groups is 1. The lowest BCUT2D eigenvalue weighted by atomic mass is 9.97. The Bertz CT molecular complexity index is 367. The SMILES string of the molecule is CC(CC(O)(P(=O)(O)O)P(=O)(O)O)C(N)CC=N. The Morgan fingerprint density at radius 1 is 1.28 bits per heavy atom. The maximum Gasteiger partial charge on any atom is 0.369 e. The van der Waals surface area contributed by atoms with Gasteiger partial charge in [-0.2, -0.15) is 0 Å². The highest BCUT2D eigenvalue weighted by Crippen LogP contribution is 2.69. The average Bonchev–Trinajstić information content (AvgIpc) is 2.14. The van der Waals surface area contributed by atoms with Crippen molar-refractivity contribution in [1.82, 2.24) is 0 Å². The molecular weight excluding hydrogens is 286 g/mol. The smallest absolute Gasteiger partial charge is 0.368 e. The van der Waals surface area contributed by atoms with Crippen molar-refractivity contribution in [2.45, 2.75) is 30.9 Å². The molecule has 0 aliphatic rings. The second-order valence-corrected chi connectivity index (χ2v) is 8.16. The lowest BCUT2D eigenvalue weighted by molar-refractivity contribution is 0.105. The molecule has 0 fully saturated rings. The molecule has 0 aliphatic heterocycles. The zero-order valence-corrected chi connectivity index (χ0v) is 11.5. The molecule has 0 aromatic rings. The topological polar surface area (TPSA) is 185 Å². The van der Waals surface area contributed by atoms with Crippen LogP contribution in [0.1, 0.15) is 19.8 Å². The summed E-state index contributed by atoms with van der Waals surface area (Å²) in [6.07, 6.45) is 0.172. The number of nitrogens with two attached hydrogens (primary N) is 1. The van der Waals surface area contributed by atoms with Gasteiger partial charge in [-0.05, 0) is 18.6 Å². The minimum Gasteiger partial charge on any atom is -0.368 e. The molecule has 0 rings (SSSR count). The molecule has 11 heteroatoms. The Hall–Kier alpha value is -0.110. The van der Waals surface area contributed by atoms with Gasteiger partial charge in [-0.1, -0.05) is 6.92 Å². The number of hydrogen-bond donors (Lipinski definition) is 7. The maximum atomic E-state index is 11.1. The predicted octanol–water partition coefficient (Wildman–Crippen LogP) is -0.619. The largest absolute Gasteiger partial charge is 0.369 e. The summed E-state index contributed by atoms with van der Waals surface area (Å²) in [6.45, 7) is 1.38. The van der Waals surface area contributed by atoms with Crippen LogP contribution in [0.5, 0.6) is 0 Å². The zero-order chi connectivity index (χ0) is 14.8. The Labute approximate surface area is 104 Å². The fourth-order valence-corrected chi connectivity index (χ4v) is 3.77. The summed E-state index contributed by atoms with van der Waals surface area (Å²) in [5, 5.41) is 13.0. The van der Waals surface area contributed by atoms with Crippen LogP contribution in [0.25, 0.3) is 0 Å². The van der Waals surface area contributed by atoms with Gasteiger partial charge in [0.25, 0.3) is 5.08 Å². The molecule has 0 saturated carbocycles. The standard InChI is InChI=1S/C7H18N2O7P2/c1-5(6(9)2-3-8)4-7(10,17(11,12)13)18(14,15)16/h3,5-6,8,10H,2,4,9H2,1H3,(H2,11,12,13)(H2,14,15,16). The van der Waals surface area contributed by atoms with Gasteiger partial charge in [0, 0.05) is 12.5 Å². The molecule has 0 bridgehead atoms. The molecule has 2 unspecified atom stereocenters. The Morgan fingerprint density at radius 3 is 1.94 bits per heavy atom. The first kappa shape index (κ1) is 17.9. The molecule has 0 amide bonds. The van der Waals surface area contributed by atoms with Gasteiger partial charge in [-0.25, -0.2) is 0 Å². The van der Waals surface area contributed by atoms with Crippen LogP contribution in [-0.2, 0) is 9.13 Å². The van der Waals surface area contributed by atoms with Gasteiger partial charge in [-0.3, -0.25) is 9.13 Å². The van der Waals surface area contributed by atoms with Crippen molar-refractivity contribution >= 4 is 21.4 Å². The van der Waals surface area contributed by atoms with Crippen molar-refractivity contribution < 1.29 is 33.8 Å². The van der Waals surface area contributed by atoms with E-state index in [0.717, 1.165) is 6.21 Å². The van der Waals surface area contributed by atoms with Crippen LogP contribution in [0, 0.1) is 11.3 Å². The molecule has 0 radical (unpaired) electrons. The zero-order valence-electron chi connectivity index (χ0n) is 9.67. The van der Waals surface area contributed by atoms with Crippen LogP contribution in [-0.4, -0.2) is 42.0 Å². The number of rotatable bonds is 7. The van der Waals surface area contributed by atoms with Gasteiger partial charge < -0.3 is 35.8 Å². The van der Waals surface area contributed by atoms with Crippen molar-refractivity contribution in [3.8, 4) is 0 Å². The van der Waals surface area contributed by atoms with Crippen molar-refractivity contribution in [3.63, 3.8) is 0 Å². The molecule has 0 aliphatic carbocycles. The van der Waals surface area contributed by atoms with Crippen LogP contribution in [0.2, 0.25) is 0 Å². The van der Waals surface area contributed by atoms with E-state index in [4.69, 9.17) is 30.7 Å². The molecular formula is C7H18N2O7P2. The van der Waals surface area contributed by atoms with E-state index >= 15 is 0 Å². The first-order valence-electron chi connectivity index (χ1n) is 4.95. The molecule has 0 heterocycles. The average molecular weight is 304 g/mol. The monoisotopic (exact) mass is 304 g/mol. The molecule has 0 aromatic carbocycles. The van der Waals surface area contributed by atoms with Crippen molar-refractivity contribution in [1.29, 1.82) is 5.41 Å². The van der Waals surface area contributed by atoms with E-state index in [9.17, 15) is 14.2 Å². The molecule has 9 nitrogen and oxygen atoms in total. The third-order valence-electron chi connectivity index (χ3n) is 2.65. The van der Waals surface area contributed by atoms with Crippen molar-refractivity contribution in [2.75, 3.05) is 0 Å². The Kier molecular flexibility index (Phi) is 5.86. The van der Waals surface area contributed by atoms with E-state index in [2.05, 4.69) is 0 Å². The summed E-state index contributed by atoms with van der Waals surface area (Å²) in [6, 6.07) is -0.743. The van der Waals surface area contributed by atoms with E-state index in [1.807, 2.05) is 0 Å². The molecule has 18 heavy (non-hydrogen) atoms. The summed E-state index contributed by atoms with van der Waals surface area (Å²) in [4.78, 5) is 35.7. The summed E-state index contributed by atoms with van der Waals surface area (Å²) < 4.78 is 22.2. The highest BCUT2D eigenvalue weighted by atomic mass is 31.2. The van der Waals surface area contributed by atoms with Gasteiger partial charge >= 0.3 is 15.2 Å². The minimum absolute atomic E-state index is 0.0690.